The summed E-state index contributed by atoms with van der Waals surface area (Å²) < 4.78 is 23.2. The van der Waals surface area contributed by atoms with E-state index in [0.29, 0.717) is 17.3 Å². The molecule has 0 aliphatic heterocycles. The number of primary sulfonamides is 1. The molecule has 0 aliphatic rings. The molecule has 7 nitrogen and oxygen atoms in total. The highest BCUT2D eigenvalue weighted by atomic mass is 32.2. The van der Waals surface area contributed by atoms with Crippen LogP contribution in [0.2, 0.25) is 0 Å². The van der Waals surface area contributed by atoms with Gasteiger partial charge in [-0.3, -0.25) is 0 Å². The predicted molar refractivity (Wildman–Crippen MR) is 125 cm³/mol. The van der Waals surface area contributed by atoms with Crippen molar-refractivity contribution in [2.45, 2.75) is 19.1 Å². The number of aromatic nitrogens is 2. The summed E-state index contributed by atoms with van der Waals surface area (Å²) in [5, 5.41) is 12.0. The molecule has 4 aromatic rings. The molecule has 1 unspecified atom stereocenters. The van der Waals surface area contributed by atoms with Crippen LogP contribution < -0.4 is 15.8 Å². The average molecular weight is 434 g/mol. The molecule has 4 rings (SSSR count). The van der Waals surface area contributed by atoms with E-state index in [0.717, 1.165) is 27.8 Å². The number of nitrogens with zero attached hydrogens (tertiary/aromatic N) is 2. The van der Waals surface area contributed by atoms with E-state index in [1.165, 1.54) is 0 Å². The molecule has 158 valence electrons. The second kappa shape index (κ2) is 8.33. The van der Waals surface area contributed by atoms with E-state index in [1.54, 1.807) is 31.2 Å². The number of hydrogen-bond donors (Lipinski definition) is 3. The monoisotopic (exact) mass is 433 g/mol. The molecule has 0 bridgehead atoms. The summed E-state index contributed by atoms with van der Waals surface area (Å²) in [6.45, 7) is 3.57. The largest absolute Gasteiger partial charge is 0.340 e. The minimum Gasteiger partial charge on any atom is -0.340 e. The van der Waals surface area contributed by atoms with E-state index in [2.05, 4.69) is 15.6 Å². The van der Waals surface area contributed by atoms with Crippen LogP contribution in [-0.4, -0.2) is 18.4 Å². The van der Waals surface area contributed by atoms with Gasteiger partial charge in [0.1, 0.15) is 5.82 Å². The third kappa shape index (κ3) is 4.65. The number of para-hydroxylation sites is 2. The molecule has 1 atom stereocenters. The first-order valence-electron chi connectivity index (χ1n) is 9.79. The molecule has 0 spiro atoms. The summed E-state index contributed by atoms with van der Waals surface area (Å²) in [5.74, 6) is 1.13. The van der Waals surface area contributed by atoms with Crippen molar-refractivity contribution in [3.05, 3.63) is 83.9 Å². The van der Waals surface area contributed by atoms with Gasteiger partial charge in [-0.15, -0.1) is 0 Å². The fraction of sp³-hybridized carbons (Fsp3) is 0.130. The van der Waals surface area contributed by atoms with Crippen molar-refractivity contribution in [1.82, 2.24) is 9.97 Å². The molecule has 0 saturated carbocycles. The first-order chi connectivity index (χ1) is 14.8. The second-order valence-corrected chi connectivity index (χ2v) is 9.22. The zero-order chi connectivity index (χ0) is 22.0. The number of nitrogens with two attached hydrogens (primary N) is 1. The summed E-state index contributed by atoms with van der Waals surface area (Å²) in [6, 6.07) is 22.8. The number of anilines is 4. The Hall–Kier alpha value is -3.49. The molecular formula is C23H23N5O2S. The van der Waals surface area contributed by atoms with Crippen LogP contribution in [0.3, 0.4) is 0 Å². The molecule has 31 heavy (non-hydrogen) atoms. The fourth-order valence-corrected chi connectivity index (χ4v) is 3.80. The molecule has 0 saturated heterocycles. The van der Waals surface area contributed by atoms with Gasteiger partial charge in [0.15, 0.2) is 0 Å². The number of sulfonamides is 1. The van der Waals surface area contributed by atoms with Crippen molar-refractivity contribution in [1.29, 1.82) is 0 Å². The second-order valence-electron chi connectivity index (χ2n) is 7.34. The van der Waals surface area contributed by atoms with Crippen LogP contribution in [0, 0.1) is 6.92 Å². The minimum absolute atomic E-state index is 0.437. The first-order valence-corrected chi connectivity index (χ1v) is 11.4. The molecule has 0 radical (unpaired) electrons. The Morgan fingerprint density at radius 1 is 0.839 bits per heavy atom. The van der Waals surface area contributed by atoms with Crippen LogP contribution in [-0.2, 0) is 10.0 Å². The molecule has 0 aliphatic carbocycles. The van der Waals surface area contributed by atoms with Gasteiger partial charge in [-0.2, -0.15) is 4.98 Å². The summed E-state index contributed by atoms with van der Waals surface area (Å²) in [7, 11) is -3.65. The maximum atomic E-state index is 11.6. The number of hydrogen-bond acceptors (Lipinski definition) is 6. The normalized spacial score (nSPS) is 12.5. The van der Waals surface area contributed by atoms with Gasteiger partial charge in [0.2, 0.25) is 16.0 Å². The van der Waals surface area contributed by atoms with Gasteiger partial charge >= 0.3 is 0 Å². The summed E-state index contributed by atoms with van der Waals surface area (Å²) in [4.78, 5) is 9.37. The van der Waals surface area contributed by atoms with Crippen LogP contribution in [0.15, 0.2) is 72.8 Å². The van der Waals surface area contributed by atoms with Crippen LogP contribution in [0.5, 0.6) is 0 Å². The molecule has 3 aromatic carbocycles. The summed E-state index contributed by atoms with van der Waals surface area (Å²) in [6.07, 6.45) is 0. The van der Waals surface area contributed by atoms with Gasteiger partial charge in [-0.1, -0.05) is 42.5 Å². The molecule has 0 amide bonds. The highest BCUT2D eigenvalue weighted by Gasteiger charge is 2.17. The van der Waals surface area contributed by atoms with Gasteiger partial charge < -0.3 is 10.6 Å². The molecule has 0 fully saturated rings. The van der Waals surface area contributed by atoms with Gasteiger partial charge in [0, 0.05) is 16.8 Å². The number of aryl methyl sites for hydroxylation is 1. The topological polar surface area (TPSA) is 110 Å². The lowest BCUT2D eigenvalue weighted by Crippen LogP contribution is -2.19. The Balaban J connectivity index is 1.68. The lowest BCUT2D eigenvalue weighted by atomic mass is 10.1. The van der Waals surface area contributed by atoms with Crippen molar-refractivity contribution < 1.29 is 8.42 Å². The molecule has 1 heterocycles. The average Bonchev–Trinajstić information content (AvgIpc) is 2.75. The van der Waals surface area contributed by atoms with Crippen LogP contribution in [0.4, 0.5) is 23.1 Å². The third-order valence-electron chi connectivity index (χ3n) is 5.09. The maximum Gasteiger partial charge on any atom is 0.229 e. The molecule has 1 aromatic heterocycles. The smallest absolute Gasteiger partial charge is 0.229 e. The van der Waals surface area contributed by atoms with E-state index in [1.807, 2.05) is 55.5 Å². The number of nitrogens with one attached hydrogen (secondary N) is 2. The minimum atomic E-state index is -3.65. The van der Waals surface area contributed by atoms with Crippen LogP contribution >= 0.6 is 0 Å². The lowest BCUT2D eigenvalue weighted by Gasteiger charge is -2.14. The summed E-state index contributed by atoms with van der Waals surface area (Å²) >= 11 is 0. The van der Waals surface area contributed by atoms with Crippen LogP contribution in [0.1, 0.15) is 23.3 Å². The first kappa shape index (κ1) is 20.8. The Kier molecular flexibility index (Phi) is 5.58. The molecule has 4 N–H and O–H groups in total. The number of rotatable bonds is 6. The highest BCUT2D eigenvalue weighted by Crippen LogP contribution is 2.29. The Morgan fingerprint density at radius 3 is 2.19 bits per heavy atom. The number of benzene rings is 3. The lowest BCUT2D eigenvalue weighted by molar-refractivity contribution is 0.588. The van der Waals surface area contributed by atoms with E-state index < -0.39 is 15.3 Å². The van der Waals surface area contributed by atoms with Gasteiger partial charge in [-0.05, 0) is 55.3 Å². The predicted octanol–water partition coefficient (Wildman–Crippen LogP) is 4.77. The Labute approximate surface area is 181 Å². The van der Waals surface area contributed by atoms with Gasteiger partial charge in [-0.25, -0.2) is 18.5 Å². The van der Waals surface area contributed by atoms with E-state index in [4.69, 9.17) is 10.1 Å². The quantitative estimate of drug-likeness (QED) is 0.404. The Morgan fingerprint density at radius 2 is 1.52 bits per heavy atom. The van der Waals surface area contributed by atoms with Crippen molar-refractivity contribution in [3.63, 3.8) is 0 Å². The van der Waals surface area contributed by atoms with Gasteiger partial charge in [0.25, 0.3) is 0 Å². The van der Waals surface area contributed by atoms with E-state index >= 15 is 0 Å². The van der Waals surface area contributed by atoms with Crippen molar-refractivity contribution in [2.24, 2.45) is 5.14 Å². The Bertz CT molecular complexity index is 1320. The number of fused-ring (bicyclic) bond motifs is 1. The standard InChI is InChI=1S/C23H23N5O2S/c1-15-7-6-10-20-21(15)27-23(28-22(20)25-18-8-4-3-5-9-18)26-19-13-11-17(12-14-19)16(2)31(24,29)30/h3-14,16H,1-2H3,(H2,24,29,30)(H2,25,26,27,28). The van der Waals surface area contributed by atoms with Crippen molar-refractivity contribution >= 4 is 44.1 Å². The third-order valence-corrected chi connectivity index (χ3v) is 6.35. The molecule has 8 heteroatoms. The maximum absolute atomic E-state index is 11.6. The molecular weight excluding hydrogens is 410 g/mol. The highest BCUT2D eigenvalue weighted by molar-refractivity contribution is 7.89. The van der Waals surface area contributed by atoms with Crippen molar-refractivity contribution in [2.75, 3.05) is 10.6 Å². The van der Waals surface area contributed by atoms with E-state index in [-0.39, 0.29) is 0 Å². The van der Waals surface area contributed by atoms with Gasteiger partial charge in [0.05, 0.1) is 10.8 Å². The van der Waals surface area contributed by atoms with Crippen LogP contribution in [0.25, 0.3) is 10.9 Å². The fourth-order valence-electron chi connectivity index (χ4n) is 3.26. The van der Waals surface area contributed by atoms with Crippen molar-refractivity contribution in [3.8, 4) is 0 Å². The zero-order valence-electron chi connectivity index (χ0n) is 17.2. The SMILES string of the molecule is Cc1cccc2c(Nc3ccccc3)nc(Nc3ccc(C(C)S(N)(=O)=O)cc3)nc12. The zero-order valence-corrected chi connectivity index (χ0v) is 18.0. The summed E-state index contributed by atoms with van der Waals surface area (Å²) in [5.41, 5.74) is 4.17. The van der Waals surface area contributed by atoms with E-state index in [9.17, 15) is 8.42 Å².